The summed E-state index contributed by atoms with van der Waals surface area (Å²) >= 11 is 6.45. The van der Waals surface area contributed by atoms with Gasteiger partial charge in [-0.2, -0.15) is 0 Å². The van der Waals surface area contributed by atoms with Gasteiger partial charge in [-0.05, 0) is 46.3 Å². The summed E-state index contributed by atoms with van der Waals surface area (Å²) in [5, 5.41) is 2.63. The number of amides is 1. The highest BCUT2D eigenvalue weighted by atomic mass is 79.9. The molecule has 19 heavy (non-hydrogen) atoms. The van der Waals surface area contributed by atoms with E-state index in [1.807, 2.05) is 0 Å². The van der Waals surface area contributed by atoms with Crippen LogP contribution in [0.25, 0.3) is 0 Å². The molecule has 3 nitrogen and oxygen atoms in total. The lowest BCUT2D eigenvalue weighted by atomic mass is 10.2. The minimum absolute atomic E-state index is 0.109. The largest absolute Gasteiger partial charge is 0.347 e. The molecular formula is C13H9Br2FN2O. The number of hydrogen-bond acceptors (Lipinski definition) is 2. The number of nitrogens with zero attached hydrogens (tertiary/aromatic N) is 1. The van der Waals surface area contributed by atoms with Crippen molar-refractivity contribution in [1.29, 1.82) is 0 Å². The Labute approximate surface area is 126 Å². The summed E-state index contributed by atoms with van der Waals surface area (Å²) in [7, 11) is 0. The number of pyridine rings is 1. The quantitative estimate of drug-likeness (QED) is 0.816. The zero-order chi connectivity index (χ0) is 13.8. The van der Waals surface area contributed by atoms with Crippen LogP contribution in [0.4, 0.5) is 4.39 Å². The van der Waals surface area contributed by atoms with Crippen LogP contribution in [-0.4, -0.2) is 10.9 Å². The second-order valence-electron chi connectivity index (χ2n) is 3.76. The van der Waals surface area contributed by atoms with Gasteiger partial charge in [-0.3, -0.25) is 4.79 Å². The summed E-state index contributed by atoms with van der Waals surface area (Å²) < 4.78 is 14.8. The first-order chi connectivity index (χ1) is 9.06. The normalized spacial score (nSPS) is 10.3. The van der Waals surface area contributed by atoms with Crippen LogP contribution in [0.3, 0.4) is 0 Å². The minimum atomic E-state index is -0.356. The molecule has 0 saturated carbocycles. The average molecular weight is 388 g/mol. The SMILES string of the molecule is O=C(NCc1cc(Br)ccc1F)c1cccc(Br)n1. The van der Waals surface area contributed by atoms with Crippen molar-refractivity contribution in [2.45, 2.75) is 6.54 Å². The van der Waals surface area contributed by atoms with Crippen LogP contribution in [0, 0.1) is 5.82 Å². The summed E-state index contributed by atoms with van der Waals surface area (Å²) in [6.07, 6.45) is 0. The number of rotatable bonds is 3. The van der Waals surface area contributed by atoms with E-state index in [-0.39, 0.29) is 24.0 Å². The van der Waals surface area contributed by atoms with Crippen molar-refractivity contribution >= 4 is 37.8 Å². The van der Waals surface area contributed by atoms with Crippen molar-refractivity contribution in [2.75, 3.05) is 0 Å². The highest BCUT2D eigenvalue weighted by molar-refractivity contribution is 9.10. The highest BCUT2D eigenvalue weighted by Crippen LogP contribution is 2.15. The molecule has 0 radical (unpaired) electrons. The van der Waals surface area contributed by atoms with Crippen LogP contribution in [0.2, 0.25) is 0 Å². The van der Waals surface area contributed by atoms with E-state index in [1.165, 1.54) is 6.07 Å². The molecule has 6 heteroatoms. The molecule has 0 spiro atoms. The Kier molecular flexibility index (Phi) is 4.66. The van der Waals surface area contributed by atoms with Gasteiger partial charge in [0.2, 0.25) is 0 Å². The maximum Gasteiger partial charge on any atom is 0.270 e. The smallest absolute Gasteiger partial charge is 0.270 e. The van der Waals surface area contributed by atoms with Crippen LogP contribution in [0.5, 0.6) is 0 Å². The standard InChI is InChI=1S/C13H9Br2FN2O/c14-9-4-5-10(16)8(6-9)7-17-13(19)11-2-1-3-12(15)18-11/h1-6H,7H2,(H,17,19). The van der Waals surface area contributed by atoms with Crippen LogP contribution < -0.4 is 5.32 Å². The third kappa shape index (κ3) is 3.84. The van der Waals surface area contributed by atoms with E-state index < -0.39 is 0 Å². The number of hydrogen-bond donors (Lipinski definition) is 1. The molecule has 0 unspecified atom stereocenters. The molecule has 1 heterocycles. The predicted molar refractivity (Wildman–Crippen MR) is 77.2 cm³/mol. The molecule has 1 aromatic carbocycles. The van der Waals surface area contributed by atoms with Gasteiger partial charge in [0.1, 0.15) is 16.1 Å². The highest BCUT2D eigenvalue weighted by Gasteiger charge is 2.09. The van der Waals surface area contributed by atoms with E-state index in [2.05, 4.69) is 42.2 Å². The molecule has 0 aliphatic heterocycles. The van der Waals surface area contributed by atoms with Gasteiger partial charge in [0.15, 0.2) is 0 Å². The third-order valence-corrected chi connectivity index (χ3v) is 3.33. The Morgan fingerprint density at radius 2 is 2.05 bits per heavy atom. The number of halogens is 3. The van der Waals surface area contributed by atoms with Gasteiger partial charge in [-0.15, -0.1) is 0 Å². The molecule has 0 aliphatic carbocycles. The average Bonchev–Trinajstić information content (AvgIpc) is 2.39. The fourth-order valence-corrected chi connectivity index (χ4v) is 2.23. The van der Waals surface area contributed by atoms with E-state index in [0.29, 0.717) is 10.2 Å². The molecule has 1 amide bonds. The topological polar surface area (TPSA) is 42.0 Å². The Hall–Kier alpha value is -1.27. The van der Waals surface area contributed by atoms with Crippen LogP contribution in [-0.2, 0) is 6.54 Å². The van der Waals surface area contributed by atoms with Gasteiger partial charge in [-0.25, -0.2) is 9.37 Å². The monoisotopic (exact) mass is 386 g/mol. The van der Waals surface area contributed by atoms with Crippen LogP contribution in [0.1, 0.15) is 16.1 Å². The molecule has 98 valence electrons. The number of benzene rings is 1. The number of nitrogens with one attached hydrogen (secondary N) is 1. The Balaban J connectivity index is 2.06. The van der Waals surface area contributed by atoms with E-state index in [9.17, 15) is 9.18 Å². The fourth-order valence-electron chi connectivity index (χ4n) is 1.48. The van der Waals surface area contributed by atoms with Crippen LogP contribution >= 0.6 is 31.9 Å². The molecule has 0 bridgehead atoms. The van der Waals surface area contributed by atoms with E-state index >= 15 is 0 Å². The Bertz CT molecular complexity index is 619. The van der Waals surface area contributed by atoms with Gasteiger partial charge < -0.3 is 5.32 Å². The lowest BCUT2D eigenvalue weighted by molar-refractivity contribution is 0.0945. The maximum atomic E-state index is 13.5. The van der Waals surface area contributed by atoms with Crippen molar-refractivity contribution in [3.63, 3.8) is 0 Å². The van der Waals surface area contributed by atoms with Crippen molar-refractivity contribution in [3.8, 4) is 0 Å². The molecule has 1 aromatic heterocycles. The molecule has 0 aliphatic rings. The summed E-state index contributed by atoms with van der Waals surface area (Å²) in [5.74, 6) is -0.702. The van der Waals surface area contributed by atoms with Crippen molar-refractivity contribution < 1.29 is 9.18 Å². The first kappa shape index (κ1) is 14.1. The van der Waals surface area contributed by atoms with Crippen molar-refractivity contribution in [1.82, 2.24) is 10.3 Å². The van der Waals surface area contributed by atoms with Gasteiger partial charge in [0.25, 0.3) is 5.91 Å². The number of aromatic nitrogens is 1. The Morgan fingerprint density at radius 1 is 1.26 bits per heavy atom. The number of carbonyl (C=O) groups excluding carboxylic acids is 1. The zero-order valence-corrected chi connectivity index (χ0v) is 12.8. The summed E-state index contributed by atoms with van der Waals surface area (Å²) in [4.78, 5) is 15.9. The molecule has 0 fully saturated rings. The third-order valence-electron chi connectivity index (χ3n) is 2.39. The molecular weight excluding hydrogens is 379 g/mol. The zero-order valence-electron chi connectivity index (χ0n) is 9.66. The van der Waals surface area contributed by atoms with Gasteiger partial charge in [0, 0.05) is 16.6 Å². The Morgan fingerprint density at radius 3 is 2.79 bits per heavy atom. The number of carbonyl (C=O) groups is 1. The van der Waals surface area contributed by atoms with E-state index in [1.54, 1.807) is 30.3 Å². The summed E-state index contributed by atoms with van der Waals surface area (Å²) in [5.41, 5.74) is 0.697. The second-order valence-corrected chi connectivity index (χ2v) is 5.49. The molecule has 1 N–H and O–H groups in total. The predicted octanol–water partition coefficient (Wildman–Crippen LogP) is 3.68. The minimum Gasteiger partial charge on any atom is -0.347 e. The van der Waals surface area contributed by atoms with Crippen molar-refractivity contribution in [2.24, 2.45) is 0 Å². The van der Waals surface area contributed by atoms with Crippen LogP contribution in [0.15, 0.2) is 45.5 Å². The summed E-state index contributed by atoms with van der Waals surface area (Å²) in [6, 6.07) is 9.62. The van der Waals surface area contributed by atoms with Gasteiger partial charge in [-0.1, -0.05) is 22.0 Å². The summed E-state index contributed by atoms with van der Waals surface area (Å²) in [6.45, 7) is 0.109. The van der Waals surface area contributed by atoms with Gasteiger partial charge >= 0.3 is 0 Å². The van der Waals surface area contributed by atoms with Crippen molar-refractivity contribution in [3.05, 3.63) is 62.5 Å². The molecule has 0 saturated heterocycles. The lowest BCUT2D eigenvalue weighted by Gasteiger charge is -2.06. The van der Waals surface area contributed by atoms with E-state index in [0.717, 1.165) is 4.47 Å². The molecule has 2 aromatic rings. The first-order valence-corrected chi connectivity index (χ1v) is 6.99. The second kappa shape index (κ2) is 6.25. The lowest BCUT2D eigenvalue weighted by Crippen LogP contribution is -2.24. The first-order valence-electron chi connectivity index (χ1n) is 5.41. The van der Waals surface area contributed by atoms with Gasteiger partial charge in [0.05, 0.1) is 0 Å². The van der Waals surface area contributed by atoms with E-state index in [4.69, 9.17) is 0 Å². The maximum absolute atomic E-state index is 13.5. The molecule has 2 rings (SSSR count). The molecule has 0 atom stereocenters. The fraction of sp³-hybridized carbons (Fsp3) is 0.0769.